The van der Waals surface area contributed by atoms with Crippen LogP contribution in [0.25, 0.3) is 0 Å². The van der Waals surface area contributed by atoms with Gasteiger partial charge in [0.15, 0.2) is 0 Å². The fraction of sp³-hybridized carbons (Fsp3) is 0.500. The van der Waals surface area contributed by atoms with Crippen LogP contribution in [0.5, 0.6) is 0 Å². The molecular weight excluding hydrogens is 236 g/mol. The van der Waals surface area contributed by atoms with E-state index in [4.69, 9.17) is 4.43 Å². The van der Waals surface area contributed by atoms with Gasteiger partial charge in [-0.05, 0) is 50.0 Å². The molecule has 100 valence electrons. The normalized spacial score (nSPS) is 20.0. The van der Waals surface area contributed by atoms with Crippen molar-refractivity contribution in [3.63, 3.8) is 0 Å². The molecule has 0 fully saturated rings. The first-order valence-corrected chi connectivity index (χ1v) is 9.98. The third-order valence-electron chi connectivity index (χ3n) is 3.00. The lowest BCUT2D eigenvalue weighted by Gasteiger charge is -2.35. The predicted molar refractivity (Wildman–Crippen MR) is 82.9 cm³/mol. The SMILES string of the molecule is C=C/C=C(\O[Si](C)(C)C)C1=C(C)C=CCC1(C)C. The topological polar surface area (TPSA) is 9.23 Å². The Hall–Kier alpha value is -1.02. The van der Waals surface area contributed by atoms with E-state index in [2.05, 4.69) is 59.1 Å². The second-order valence-electron chi connectivity index (χ2n) is 6.53. The maximum atomic E-state index is 6.26. The molecular formula is C16H26OSi. The summed E-state index contributed by atoms with van der Waals surface area (Å²) >= 11 is 0. The Balaban J connectivity index is 3.24. The lowest BCUT2D eigenvalue weighted by atomic mass is 9.75. The van der Waals surface area contributed by atoms with Gasteiger partial charge < -0.3 is 4.43 Å². The highest BCUT2D eigenvalue weighted by atomic mass is 28.4. The molecule has 1 aliphatic carbocycles. The fourth-order valence-electron chi connectivity index (χ4n) is 2.38. The molecule has 1 rings (SSSR count). The molecule has 0 atom stereocenters. The summed E-state index contributed by atoms with van der Waals surface area (Å²) in [4.78, 5) is 0. The van der Waals surface area contributed by atoms with Crippen LogP contribution < -0.4 is 0 Å². The van der Waals surface area contributed by atoms with Gasteiger partial charge in [-0.3, -0.25) is 0 Å². The number of rotatable bonds is 4. The Morgan fingerprint density at radius 3 is 2.44 bits per heavy atom. The van der Waals surface area contributed by atoms with Gasteiger partial charge in [0, 0.05) is 5.57 Å². The Kier molecular flexibility index (Phi) is 4.44. The highest BCUT2D eigenvalue weighted by Crippen LogP contribution is 2.42. The number of hydrogen-bond acceptors (Lipinski definition) is 1. The molecule has 18 heavy (non-hydrogen) atoms. The lowest BCUT2D eigenvalue weighted by molar-refractivity contribution is 0.367. The minimum absolute atomic E-state index is 0.132. The average Bonchev–Trinajstić information content (AvgIpc) is 2.13. The van der Waals surface area contributed by atoms with Crippen molar-refractivity contribution >= 4 is 8.32 Å². The van der Waals surface area contributed by atoms with E-state index in [1.807, 2.05) is 12.2 Å². The van der Waals surface area contributed by atoms with Crippen molar-refractivity contribution in [3.05, 3.63) is 47.8 Å². The van der Waals surface area contributed by atoms with Crippen LogP contribution in [0.15, 0.2) is 47.8 Å². The molecule has 1 nitrogen and oxygen atoms in total. The van der Waals surface area contributed by atoms with E-state index < -0.39 is 8.32 Å². The van der Waals surface area contributed by atoms with Crippen molar-refractivity contribution in [3.8, 4) is 0 Å². The van der Waals surface area contributed by atoms with Crippen LogP contribution in [0.4, 0.5) is 0 Å². The monoisotopic (exact) mass is 262 g/mol. The summed E-state index contributed by atoms with van der Waals surface area (Å²) in [5.74, 6) is 1.01. The molecule has 0 heterocycles. The summed E-state index contributed by atoms with van der Waals surface area (Å²) in [6.07, 6.45) is 9.34. The van der Waals surface area contributed by atoms with Crippen molar-refractivity contribution in [2.45, 2.75) is 46.8 Å². The quantitative estimate of drug-likeness (QED) is 0.384. The van der Waals surface area contributed by atoms with Gasteiger partial charge in [-0.25, -0.2) is 0 Å². The number of hydrogen-bond donors (Lipinski definition) is 0. The van der Waals surface area contributed by atoms with E-state index >= 15 is 0 Å². The van der Waals surface area contributed by atoms with Gasteiger partial charge in [0.1, 0.15) is 5.76 Å². The van der Waals surface area contributed by atoms with Gasteiger partial charge in [0.2, 0.25) is 8.32 Å². The van der Waals surface area contributed by atoms with E-state index in [0.717, 1.165) is 12.2 Å². The zero-order valence-electron chi connectivity index (χ0n) is 12.6. The summed E-state index contributed by atoms with van der Waals surface area (Å²) in [6.45, 7) is 17.2. The molecule has 0 bridgehead atoms. The molecule has 0 radical (unpaired) electrons. The van der Waals surface area contributed by atoms with Gasteiger partial charge in [0.05, 0.1) is 0 Å². The van der Waals surface area contributed by atoms with Crippen LogP contribution in [0.3, 0.4) is 0 Å². The van der Waals surface area contributed by atoms with Gasteiger partial charge in [-0.2, -0.15) is 0 Å². The molecule has 0 spiro atoms. The minimum atomic E-state index is -1.61. The molecule has 1 aliphatic rings. The average molecular weight is 262 g/mol. The minimum Gasteiger partial charge on any atom is -0.544 e. The summed E-state index contributed by atoms with van der Waals surface area (Å²) in [6, 6.07) is 0. The van der Waals surface area contributed by atoms with Gasteiger partial charge in [0.25, 0.3) is 0 Å². The molecule has 0 aliphatic heterocycles. The standard InChI is InChI=1S/C16H26OSi/c1-8-10-14(17-18(5,6)7)15-13(2)11-9-12-16(15,3)4/h8-11H,1,12H2,2-7H3/b14-10-. The van der Waals surface area contributed by atoms with Crippen LogP contribution in [-0.4, -0.2) is 8.32 Å². The van der Waals surface area contributed by atoms with E-state index in [0.29, 0.717) is 0 Å². The molecule has 0 aromatic rings. The summed E-state index contributed by atoms with van der Waals surface area (Å²) < 4.78 is 6.26. The van der Waals surface area contributed by atoms with Crippen molar-refractivity contribution in [1.82, 2.24) is 0 Å². The first kappa shape index (κ1) is 15.0. The van der Waals surface area contributed by atoms with E-state index in [-0.39, 0.29) is 5.41 Å². The second kappa shape index (κ2) is 5.31. The Morgan fingerprint density at radius 1 is 1.39 bits per heavy atom. The summed E-state index contributed by atoms with van der Waals surface area (Å²) in [7, 11) is -1.61. The first-order chi connectivity index (χ1) is 8.17. The van der Waals surface area contributed by atoms with Gasteiger partial charge in [-0.1, -0.05) is 38.7 Å². The molecule has 2 heteroatoms. The van der Waals surface area contributed by atoms with Gasteiger partial charge in [-0.15, -0.1) is 0 Å². The number of allylic oxidation sites excluding steroid dienone is 6. The third-order valence-corrected chi connectivity index (χ3v) is 3.83. The maximum Gasteiger partial charge on any atom is 0.242 e. The third kappa shape index (κ3) is 3.74. The fourth-order valence-corrected chi connectivity index (χ4v) is 3.21. The Bertz CT molecular complexity index is 417. The molecule has 0 aromatic carbocycles. The van der Waals surface area contributed by atoms with Crippen LogP contribution in [-0.2, 0) is 4.43 Å². The molecule has 0 saturated heterocycles. The first-order valence-electron chi connectivity index (χ1n) is 6.57. The van der Waals surface area contributed by atoms with E-state index in [9.17, 15) is 0 Å². The molecule has 0 saturated carbocycles. The van der Waals surface area contributed by atoms with Crippen molar-refractivity contribution < 1.29 is 4.43 Å². The smallest absolute Gasteiger partial charge is 0.242 e. The molecule has 0 unspecified atom stereocenters. The van der Waals surface area contributed by atoms with E-state index in [1.165, 1.54) is 11.1 Å². The maximum absolute atomic E-state index is 6.26. The Morgan fingerprint density at radius 2 is 2.00 bits per heavy atom. The van der Waals surface area contributed by atoms with Crippen molar-refractivity contribution in [2.24, 2.45) is 5.41 Å². The van der Waals surface area contributed by atoms with Crippen LogP contribution in [0, 0.1) is 5.41 Å². The largest absolute Gasteiger partial charge is 0.544 e. The van der Waals surface area contributed by atoms with Crippen LogP contribution in [0.2, 0.25) is 19.6 Å². The lowest BCUT2D eigenvalue weighted by Crippen LogP contribution is -2.29. The van der Waals surface area contributed by atoms with Crippen LogP contribution >= 0.6 is 0 Å². The highest BCUT2D eigenvalue weighted by molar-refractivity contribution is 6.70. The zero-order chi connectivity index (χ0) is 14.0. The van der Waals surface area contributed by atoms with Crippen molar-refractivity contribution in [2.75, 3.05) is 0 Å². The zero-order valence-corrected chi connectivity index (χ0v) is 13.6. The highest BCUT2D eigenvalue weighted by Gasteiger charge is 2.31. The molecule has 0 N–H and O–H groups in total. The van der Waals surface area contributed by atoms with E-state index in [1.54, 1.807) is 0 Å². The molecule has 0 amide bonds. The molecule has 0 aromatic heterocycles. The summed E-state index contributed by atoms with van der Waals surface area (Å²) in [5.41, 5.74) is 2.76. The Labute approximate surface area is 113 Å². The van der Waals surface area contributed by atoms with Crippen LogP contribution in [0.1, 0.15) is 27.2 Å². The van der Waals surface area contributed by atoms with Crippen molar-refractivity contribution in [1.29, 1.82) is 0 Å². The predicted octanol–water partition coefficient (Wildman–Crippen LogP) is 5.21. The second-order valence-corrected chi connectivity index (χ2v) is 11.0. The summed E-state index contributed by atoms with van der Waals surface area (Å²) in [5, 5.41) is 0. The van der Waals surface area contributed by atoms with Gasteiger partial charge >= 0.3 is 0 Å².